The zero-order valence-electron chi connectivity index (χ0n) is 26.6. The zero-order valence-corrected chi connectivity index (χ0v) is 26.6. The molecule has 10 nitrogen and oxygen atoms in total. The van der Waals surface area contributed by atoms with Crippen molar-refractivity contribution in [2.45, 2.75) is 26.7 Å². The number of hydrogen-bond donors (Lipinski definition) is 4. The highest BCUT2D eigenvalue weighted by Gasteiger charge is 2.37. The Hall–Kier alpha value is -5.32. The topological polar surface area (TPSA) is 131 Å². The number of hydrazine groups is 2. The lowest BCUT2D eigenvalue weighted by molar-refractivity contribution is 0.0979. The Morgan fingerprint density at radius 2 is 1.04 bits per heavy atom. The average molecular weight is 632 g/mol. The predicted molar refractivity (Wildman–Crippen MR) is 183 cm³/mol. The summed E-state index contributed by atoms with van der Waals surface area (Å²) in [6, 6.07) is 20.7. The summed E-state index contributed by atoms with van der Waals surface area (Å²) in [7, 11) is 1.71. The summed E-state index contributed by atoms with van der Waals surface area (Å²) < 4.78 is 0. The summed E-state index contributed by atoms with van der Waals surface area (Å²) in [6.07, 6.45) is 1.45. The Labute approximate surface area is 273 Å². The number of nitrogens with one attached hydrogen (secondary N) is 3. The normalized spacial score (nSPS) is 13.0. The highest BCUT2D eigenvalue weighted by molar-refractivity contribution is 6.33. The first-order valence-corrected chi connectivity index (χ1v) is 15.9. The lowest BCUT2D eigenvalue weighted by Gasteiger charge is -2.33. The maximum atomic E-state index is 14.3. The number of fused-ring (bicyclic) bond motifs is 4. The van der Waals surface area contributed by atoms with Crippen LogP contribution in [0.4, 0.5) is 22.7 Å². The maximum absolute atomic E-state index is 14.3. The number of carbonyl (C=O) groups is 4. The van der Waals surface area contributed by atoms with Crippen molar-refractivity contribution in [3.8, 4) is 0 Å². The molecule has 10 heteroatoms. The van der Waals surface area contributed by atoms with Crippen LogP contribution in [0.15, 0.2) is 72.8 Å². The predicted octanol–water partition coefficient (Wildman–Crippen LogP) is 5.24. The molecule has 0 bridgehead atoms. The number of anilines is 4. The molecular weight excluding hydrogens is 594 g/mol. The van der Waals surface area contributed by atoms with Crippen molar-refractivity contribution in [3.05, 3.63) is 117 Å². The van der Waals surface area contributed by atoms with Crippen LogP contribution >= 0.6 is 0 Å². The van der Waals surface area contributed by atoms with E-state index in [1.807, 2.05) is 18.9 Å². The average Bonchev–Trinajstić information content (AvgIpc) is 3.10. The highest BCUT2D eigenvalue weighted by atomic mass is 16.3. The largest absolute Gasteiger partial charge is 0.395 e. The SMILES string of the molecule is CCCN(NCCO)c1cccc2c1C(=O)c1cccc(N(CCC)Nc3ccc(NC)c4c3C(=O)c3ccccc3C4=O)c1C2=O. The monoisotopic (exact) mass is 631 g/mol. The Balaban J connectivity index is 1.45. The summed E-state index contributed by atoms with van der Waals surface area (Å²) in [5, 5.41) is 16.1. The Morgan fingerprint density at radius 1 is 0.574 bits per heavy atom. The minimum Gasteiger partial charge on any atom is -0.395 e. The summed E-state index contributed by atoms with van der Waals surface area (Å²) in [4.78, 5) is 56.2. The second kappa shape index (κ2) is 13.2. The highest BCUT2D eigenvalue weighted by Crippen LogP contribution is 2.40. The van der Waals surface area contributed by atoms with E-state index in [1.54, 1.807) is 84.9 Å². The van der Waals surface area contributed by atoms with E-state index < -0.39 is 0 Å². The molecule has 0 aliphatic heterocycles. The van der Waals surface area contributed by atoms with Crippen molar-refractivity contribution in [1.29, 1.82) is 0 Å². The fourth-order valence-electron chi connectivity index (χ4n) is 6.48. The van der Waals surface area contributed by atoms with E-state index in [4.69, 9.17) is 0 Å². The van der Waals surface area contributed by atoms with Crippen molar-refractivity contribution in [1.82, 2.24) is 5.43 Å². The molecule has 0 saturated heterocycles. The van der Waals surface area contributed by atoms with Crippen LogP contribution in [-0.4, -0.2) is 61.5 Å². The molecule has 0 atom stereocenters. The first-order valence-electron chi connectivity index (χ1n) is 15.9. The van der Waals surface area contributed by atoms with Crippen LogP contribution in [0.5, 0.6) is 0 Å². The number of hydrogen-bond acceptors (Lipinski definition) is 10. The van der Waals surface area contributed by atoms with E-state index in [0.29, 0.717) is 71.1 Å². The second-order valence-corrected chi connectivity index (χ2v) is 11.5. The van der Waals surface area contributed by atoms with Crippen molar-refractivity contribution in [2.75, 3.05) is 54.0 Å². The lowest BCUT2D eigenvalue weighted by Crippen LogP contribution is -2.42. The fourth-order valence-corrected chi connectivity index (χ4v) is 6.48. The molecule has 4 N–H and O–H groups in total. The standard InChI is InChI=1S/C37H37N5O5/c1-4-19-41(39-18-21-43)28-14-8-12-24-30(28)36(46)25-13-9-15-29(31(25)37(24)47)42(20-5-2)40-27-17-16-26(38-3)32-33(27)35(45)23-11-7-6-10-22(23)34(32)44/h6-17,38-40,43H,4-5,18-21H2,1-3H3. The van der Waals surface area contributed by atoms with Gasteiger partial charge in [-0.1, -0.05) is 62.4 Å². The van der Waals surface area contributed by atoms with E-state index in [-0.39, 0.29) is 52.0 Å². The van der Waals surface area contributed by atoms with Gasteiger partial charge in [-0.15, -0.1) is 0 Å². The molecule has 0 heterocycles. The maximum Gasteiger partial charge on any atom is 0.196 e. The molecule has 0 spiro atoms. The van der Waals surface area contributed by atoms with Gasteiger partial charge in [0, 0.05) is 54.6 Å². The van der Waals surface area contributed by atoms with E-state index in [1.165, 1.54) is 0 Å². The van der Waals surface area contributed by atoms with Gasteiger partial charge in [0.1, 0.15) is 0 Å². The summed E-state index contributed by atoms with van der Waals surface area (Å²) >= 11 is 0. The van der Waals surface area contributed by atoms with Gasteiger partial charge in [0.25, 0.3) is 0 Å². The van der Waals surface area contributed by atoms with Crippen molar-refractivity contribution in [3.63, 3.8) is 0 Å². The van der Waals surface area contributed by atoms with Crippen molar-refractivity contribution >= 4 is 45.9 Å². The van der Waals surface area contributed by atoms with Crippen LogP contribution in [0, 0.1) is 0 Å². The van der Waals surface area contributed by atoms with Gasteiger partial charge < -0.3 is 15.4 Å². The molecule has 0 aromatic heterocycles. The van der Waals surface area contributed by atoms with Gasteiger partial charge >= 0.3 is 0 Å². The third-order valence-electron chi connectivity index (χ3n) is 8.52. The molecule has 0 fully saturated rings. The van der Waals surface area contributed by atoms with Crippen LogP contribution < -0.4 is 26.2 Å². The fraction of sp³-hybridized carbons (Fsp3) is 0.243. The first kappa shape index (κ1) is 31.7. The minimum atomic E-state index is -0.290. The van der Waals surface area contributed by atoms with E-state index in [2.05, 4.69) is 16.2 Å². The third kappa shape index (κ3) is 5.35. The number of carbonyl (C=O) groups excluding carboxylic acids is 4. The van der Waals surface area contributed by atoms with Gasteiger partial charge in [0.15, 0.2) is 23.1 Å². The molecule has 2 aliphatic rings. The first-order chi connectivity index (χ1) is 22.9. The van der Waals surface area contributed by atoms with Crippen LogP contribution in [0.3, 0.4) is 0 Å². The molecule has 47 heavy (non-hydrogen) atoms. The van der Waals surface area contributed by atoms with Crippen molar-refractivity contribution in [2.24, 2.45) is 0 Å². The smallest absolute Gasteiger partial charge is 0.196 e. The molecule has 0 amide bonds. The van der Waals surface area contributed by atoms with E-state index in [9.17, 15) is 24.3 Å². The summed E-state index contributed by atoms with van der Waals surface area (Å²) in [5.74, 6) is -1.09. The Bertz CT molecular complexity index is 1920. The number of rotatable bonds is 12. The summed E-state index contributed by atoms with van der Waals surface area (Å²) in [6.45, 7) is 5.22. The number of benzene rings is 4. The third-order valence-corrected chi connectivity index (χ3v) is 8.52. The molecule has 240 valence electrons. The molecule has 4 aromatic carbocycles. The van der Waals surface area contributed by atoms with Gasteiger partial charge in [-0.05, 0) is 37.1 Å². The molecular formula is C37H37N5O5. The second-order valence-electron chi connectivity index (χ2n) is 11.5. The minimum absolute atomic E-state index is 0.0816. The van der Waals surface area contributed by atoms with Crippen LogP contribution in [0.25, 0.3) is 0 Å². The number of nitrogens with zero attached hydrogens (tertiary/aromatic N) is 2. The molecule has 2 aliphatic carbocycles. The van der Waals surface area contributed by atoms with Crippen LogP contribution in [-0.2, 0) is 0 Å². The van der Waals surface area contributed by atoms with Gasteiger partial charge in [-0.3, -0.25) is 29.6 Å². The molecule has 4 aromatic rings. The Morgan fingerprint density at radius 3 is 1.57 bits per heavy atom. The quantitative estimate of drug-likeness (QED) is 0.133. The van der Waals surface area contributed by atoms with Crippen LogP contribution in [0.2, 0.25) is 0 Å². The number of aliphatic hydroxyl groups excluding tert-OH is 1. The van der Waals surface area contributed by atoms with Crippen molar-refractivity contribution < 1.29 is 24.3 Å². The van der Waals surface area contributed by atoms with Gasteiger partial charge in [0.05, 0.1) is 45.9 Å². The molecule has 0 radical (unpaired) electrons. The molecule has 6 rings (SSSR count). The molecule has 0 saturated carbocycles. The van der Waals surface area contributed by atoms with Gasteiger partial charge in [0.2, 0.25) is 0 Å². The van der Waals surface area contributed by atoms with E-state index in [0.717, 1.165) is 6.42 Å². The lowest BCUT2D eigenvalue weighted by atomic mass is 9.82. The van der Waals surface area contributed by atoms with E-state index >= 15 is 0 Å². The van der Waals surface area contributed by atoms with Gasteiger partial charge in [-0.2, -0.15) is 0 Å². The molecule has 0 unspecified atom stereocenters. The number of ketones is 4. The Kier molecular flexibility index (Phi) is 8.88. The van der Waals surface area contributed by atoms with Crippen LogP contribution in [0.1, 0.15) is 90.4 Å². The van der Waals surface area contributed by atoms with Gasteiger partial charge in [-0.25, -0.2) is 5.43 Å². The number of aliphatic hydroxyl groups is 1. The summed E-state index contributed by atoms with van der Waals surface area (Å²) in [5.41, 5.74) is 10.9. The zero-order chi connectivity index (χ0) is 33.2.